The number of unbranched alkanes of at least 4 members (excludes halogenated alkanes) is 5. The number of halogens is 3. The number of pyridine rings is 1. The zero-order chi connectivity index (χ0) is 34.2. The van der Waals surface area contributed by atoms with Crippen LogP contribution in [0.2, 0.25) is 5.02 Å². The highest BCUT2D eigenvalue weighted by atomic mass is 79.9. The predicted molar refractivity (Wildman–Crippen MR) is 197 cm³/mol. The Labute approximate surface area is 294 Å². The number of fused-ring (bicyclic) bond motifs is 1. The Bertz CT molecular complexity index is 1470. The van der Waals surface area contributed by atoms with Crippen LogP contribution in [0.25, 0.3) is 11.0 Å². The van der Waals surface area contributed by atoms with Gasteiger partial charge in [-0.05, 0) is 78.6 Å². The molecule has 3 aromatic rings. The fourth-order valence-corrected chi connectivity index (χ4v) is 8.00. The Hall–Kier alpha value is -2.20. The third-order valence-electron chi connectivity index (χ3n) is 9.54. The highest BCUT2D eigenvalue weighted by molar-refractivity contribution is 9.10. The Kier molecular flexibility index (Phi) is 13.6. The average molecular weight is 735 g/mol. The van der Waals surface area contributed by atoms with Gasteiger partial charge in [-0.3, -0.25) is 4.79 Å². The van der Waals surface area contributed by atoms with Gasteiger partial charge in [0.1, 0.15) is 11.5 Å². The van der Waals surface area contributed by atoms with Crippen molar-refractivity contribution in [2.45, 2.75) is 111 Å². The lowest BCUT2D eigenvalue weighted by molar-refractivity contribution is -0.0943. The van der Waals surface area contributed by atoms with Gasteiger partial charge in [0.05, 0.1) is 38.5 Å². The van der Waals surface area contributed by atoms with Crippen molar-refractivity contribution in [3.63, 3.8) is 0 Å². The van der Waals surface area contributed by atoms with Crippen LogP contribution in [0.1, 0.15) is 110 Å². The number of nitrogens with zero attached hydrogens (tertiary/aromatic N) is 2. The second kappa shape index (κ2) is 17.0. The van der Waals surface area contributed by atoms with E-state index in [2.05, 4.69) is 83.0 Å². The first-order valence-electron chi connectivity index (χ1n) is 17.4. The Balaban J connectivity index is 1.36. The van der Waals surface area contributed by atoms with Crippen molar-refractivity contribution in [2.24, 2.45) is 11.3 Å². The van der Waals surface area contributed by atoms with Crippen molar-refractivity contribution in [2.75, 3.05) is 36.5 Å². The SMILES string of the molecule is CCCCCCCCC(C(C)(C)C)C(C)(C)OCCN[C@@H]1CCCN(c2c(Br)cnc3[nH]cc(NC(=O)c4ccc(F)c(Cl)c4)c23)C1. The van der Waals surface area contributed by atoms with Crippen LogP contribution in [0.4, 0.5) is 15.8 Å². The number of benzene rings is 1. The van der Waals surface area contributed by atoms with E-state index in [4.69, 9.17) is 16.3 Å². The quantitative estimate of drug-likeness (QED) is 0.128. The van der Waals surface area contributed by atoms with Gasteiger partial charge in [0.2, 0.25) is 0 Å². The Morgan fingerprint density at radius 1 is 1.19 bits per heavy atom. The molecule has 10 heteroatoms. The zero-order valence-corrected chi connectivity index (χ0v) is 31.4. The average Bonchev–Trinajstić information content (AvgIpc) is 3.41. The lowest BCUT2D eigenvalue weighted by Gasteiger charge is -2.43. The molecule has 0 radical (unpaired) electrons. The van der Waals surface area contributed by atoms with Gasteiger partial charge in [-0.2, -0.15) is 0 Å². The lowest BCUT2D eigenvalue weighted by atomic mass is 9.69. The van der Waals surface area contributed by atoms with Crippen molar-refractivity contribution in [3.8, 4) is 0 Å². The first kappa shape index (κ1) is 37.6. The molecule has 47 heavy (non-hydrogen) atoms. The minimum atomic E-state index is -0.563. The van der Waals surface area contributed by atoms with Crippen molar-refractivity contribution in [1.82, 2.24) is 15.3 Å². The fourth-order valence-electron chi connectivity index (χ4n) is 7.27. The third kappa shape index (κ3) is 10.2. The molecule has 0 saturated carbocycles. The summed E-state index contributed by atoms with van der Waals surface area (Å²) in [5.41, 5.74) is 2.51. The number of hydrogen-bond donors (Lipinski definition) is 3. The molecule has 1 saturated heterocycles. The van der Waals surface area contributed by atoms with Crippen molar-refractivity contribution in [1.29, 1.82) is 0 Å². The number of hydrogen-bond acceptors (Lipinski definition) is 5. The van der Waals surface area contributed by atoms with Gasteiger partial charge >= 0.3 is 0 Å². The first-order chi connectivity index (χ1) is 22.3. The van der Waals surface area contributed by atoms with E-state index in [1.54, 1.807) is 12.4 Å². The second-order valence-electron chi connectivity index (χ2n) is 14.6. The molecule has 3 N–H and O–H groups in total. The number of anilines is 2. The van der Waals surface area contributed by atoms with E-state index in [1.165, 1.54) is 63.1 Å². The molecule has 1 fully saturated rings. The molecule has 2 atom stereocenters. The van der Waals surface area contributed by atoms with E-state index in [1.807, 2.05) is 0 Å². The van der Waals surface area contributed by atoms with Crippen LogP contribution < -0.4 is 15.5 Å². The van der Waals surface area contributed by atoms with Gasteiger partial charge in [0.15, 0.2) is 0 Å². The number of nitrogens with one attached hydrogen (secondary N) is 3. The molecular weight excluding hydrogens is 681 g/mol. The molecule has 3 heterocycles. The summed E-state index contributed by atoms with van der Waals surface area (Å²) in [4.78, 5) is 23.2. The summed E-state index contributed by atoms with van der Waals surface area (Å²) in [6.07, 6.45) is 14.7. The van der Waals surface area contributed by atoms with Gasteiger partial charge in [0.25, 0.3) is 5.91 Å². The first-order valence-corrected chi connectivity index (χ1v) is 18.5. The molecule has 1 unspecified atom stereocenters. The molecule has 1 aromatic carbocycles. The maximum atomic E-state index is 13.7. The number of carbonyl (C=O) groups excluding carboxylic acids is 1. The van der Waals surface area contributed by atoms with Crippen LogP contribution in [-0.2, 0) is 4.74 Å². The Morgan fingerprint density at radius 3 is 2.66 bits per heavy atom. The van der Waals surface area contributed by atoms with E-state index >= 15 is 0 Å². The molecule has 4 rings (SSSR count). The van der Waals surface area contributed by atoms with Crippen LogP contribution in [0.5, 0.6) is 0 Å². The van der Waals surface area contributed by atoms with E-state index in [0.717, 1.165) is 48.0 Å². The lowest BCUT2D eigenvalue weighted by Crippen LogP contribution is -2.48. The smallest absolute Gasteiger partial charge is 0.255 e. The topological polar surface area (TPSA) is 82.3 Å². The number of rotatable bonds is 16. The zero-order valence-electron chi connectivity index (χ0n) is 29.1. The fraction of sp³-hybridized carbons (Fsp3) is 0.622. The van der Waals surface area contributed by atoms with Crippen LogP contribution in [0, 0.1) is 17.2 Å². The van der Waals surface area contributed by atoms with Gasteiger partial charge in [-0.25, -0.2) is 9.37 Å². The van der Waals surface area contributed by atoms with E-state index in [9.17, 15) is 9.18 Å². The maximum Gasteiger partial charge on any atom is 0.255 e. The monoisotopic (exact) mass is 733 g/mol. The van der Waals surface area contributed by atoms with Crippen LogP contribution in [0.3, 0.4) is 0 Å². The largest absolute Gasteiger partial charge is 0.374 e. The summed E-state index contributed by atoms with van der Waals surface area (Å²) in [5, 5.41) is 7.47. The molecular formula is C37H54BrClFN5O2. The summed E-state index contributed by atoms with van der Waals surface area (Å²) < 4.78 is 21.2. The highest BCUT2D eigenvalue weighted by Crippen LogP contribution is 2.41. The molecule has 0 spiro atoms. The van der Waals surface area contributed by atoms with Crippen molar-refractivity contribution < 1.29 is 13.9 Å². The van der Waals surface area contributed by atoms with Crippen molar-refractivity contribution in [3.05, 3.63) is 51.5 Å². The van der Waals surface area contributed by atoms with Crippen LogP contribution in [0.15, 0.2) is 35.1 Å². The molecule has 2 aromatic heterocycles. The minimum Gasteiger partial charge on any atom is -0.374 e. The highest BCUT2D eigenvalue weighted by Gasteiger charge is 2.38. The molecule has 1 aliphatic heterocycles. The number of aromatic nitrogens is 2. The van der Waals surface area contributed by atoms with Crippen molar-refractivity contribution >= 4 is 55.8 Å². The van der Waals surface area contributed by atoms with E-state index in [0.29, 0.717) is 29.9 Å². The molecule has 260 valence electrons. The standard InChI is InChI=1S/C37H54BrClFN5O2/c1-7-8-9-10-11-12-15-31(36(2,3)4)37(5,6)47-20-18-41-26-14-13-19-45(24-26)33-27(38)22-42-34-32(33)30(23-43-34)44-35(46)25-16-17-29(40)28(39)21-25/h16-17,21-23,26,31,41H,7-15,18-20,24H2,1-6H3,(H,42,43)(H,44,46)/t26-,31?/m1/s1. The van der Waals surface area contributed by atoms with Gasteiger partial charge in [-0.1, -0.05) is 77.8 Å². The molecule has 1 amide bonds. The second-order valence-corrected chi connectivity index (χ2v) is 15.9. The summed E-state index contributed by atoms with van der Waals surface area (Å²) >= 11 is 9.67. The summed E-state index contributed by atoms with van der Waals surface area (Å²) in [6, 6.07) is 4.25. The molecule has 7 nitrogen and oxygen atoms in total. The predicted octanol–water partition coefficient (Wildman–Crippen LogP) is 10.1. The number of ether oxygens (including phenoxy) is 1. The number of piperidine rings is 1. The molecule has 0 bridgehead atoms. The summed E-state index contributed by atoms with van der Waals surface area (Å²) in [5.74, 6) is -0.457. The van der Waals surface area contributed by atoms with Crippen LogP contribution >= 0.6 is 27.5 Å². The van der Waals surface area contributed by atoms with Gasteiger partial charge < -0.3 is 25.3 Å². The minimum absolute atomic E-state index is 0.0929. The van der Waals surface area contributed by atoms with E-state index < -0.39 is 5.82 Å². The van der Waals surface area contributed by atoms with Gasteiger partial charge in [-0.15, -0.1) is 0 Å². The van der Waals surface area contributed by atoms with Gasteiger partial charge in [0, 0.05) is 43.6 Å². The summed E-state index contributed by atoms with van der Waals surface area (Å²) in [7, 11) is 0. The number of amides is 1. The van der Waals surface area contributed by atoms with Crippen LogP contribution in [-0.4, -0.2) is 53.8 Å². The number of carbonyl (C=O) groups is 1. The number of H-pyrrole nitrogens is 1. The summed E-state index contributed by atoms with van der Waals surface area (Å²) in [6.45, 7) is 17.0. The number of aromatic amines is 1. The normalized spacial score (nSPS) is 16.5. The van der Waals surface area contributed by atoms with E-state index in [-0.39, 0.29) is 27.5 Å². The Morgan fingerprint density at radius 2 is 1.94 bits per heavy atom. The third-order valence-corrected chi connectivity index (χ3v) is 10.4. The molecule has 0 aliphatic carbocycles. The molecule has 1 aliphatic rings. The maximum absolute atomic E-state index is 13.7.